The lowest BCUT2D eigenvalue weighted by molar-refractivity contribution is -0.116. The molecule has 0 aliphatic rings. The third-order valence-electron chi connectivity index (χ3n) is 3.32. The molecule has 6 heteroatoms. The third-order valence-corrected chi connectivity index (χ3v) is 3.32. The van der Waals surface area contributed by atoms with Crippen molar-refractivity contribution >= 4 is 24.0 Å². The van der Waals surface area contributed by atoms with Gasteiger partial charge in [0, 0.05) is 18.7 Å². The van der Waals surface area contributed by atoms with Crippen LogP contribution in [-0.4, -0.2) is 16.5 Å². The van der Waals surface area contributed by atoms with E-state index in [4.69, 9.17) is 5.73 Å². The number of nitrogens with one attached hydrogen (secondary N) is 1. The van der Waals surface area contributed by atoms with Gasteiger partial charge in [-0.25, -0.2) is 0 Å². The molecule has 1 amide bonds. The van der Waals surface area contributed by atoms with Gasteiger partial charge in [0.15, 0.2) is 0 Å². The molecule has 0 spiro atoms. The number of aromatic nitrogens is 1. The van der Waals surface area contributed by atoms with Gasteiger partial charge in [0.25, 0.3) is 5.56 Å². The van der Waals surface area contributed by atoms with Crippen LogP contribution in [-0.2, 0) is 11.3 Å². The molecule has 5 nitrogen and oxygen atoms in total. The second kappa shape index (κ2) is 9.12. The summed E-state index contributed by atoms with van der Waals surface area (Å²) >= 11 is 0. The molecule has 0 saturated heterocycles. The SMILES string of the molecule is CC(N)CCC(=O)Nc1cccn(Cc2ccccc2)c1=O.Cl. The Labute approximate surface area is 141 Å². The largest absolute Gasteiger partial charge is 0.328 e. The molecule has 0 aliphatic heterocycles. The number of halogens is 1. The number of amides is 1. The first kappa shape index (κ1) is 18.9. The Balaban J connectivity index is 0.00000264. The quantitative estimate of drug-likeness (QED) is 0.850. The average Bonchev–Trinajstić information content (AvgIpc) is 2.50. The topological polar surface area (TPSA) is 77.1 Å². The molecule has 3 N–H and O–H groups in total. The van der Waals surface area contributed by atoms with Gasteiger partial charge < -0.3 is 15.6 Å². The van der Waals surface area contributed by atoms with Crippen molar-refractivity contribution in [2.45, 2.75) is 32.4 Å². The number of nitrogens with zero attached hydrogens (tertiary/aromatic N) is 1. The molecule has 1 aromatic heterocycles. The molecule has 1 unspecified atom stereocenters. The molecule has 2 aromatic rings. The van der Waals surface area contributed by atoms with Crippen molar-refractivity contribution < 1.29 is 4.79 Å². The second-order valence-electron chi connectivity index (χ2n) is 5.40. The van der Waals surface area contributed by atoms with E-state index in [1.807, 2.05) is 37.3 Å². The summed E-state index contributed by atoms with van der Waals surface area (Å²) in [5.41, 5.74) is 6.75. The average molecular weight is 336 g/mol. The molecule has 2 rings (SSSR count). The first-order valence-corrected chi connectivity index (χ1v) is 7.35. The van der Waals surface area contributed by atoms with Crippen molar-refractivity contribution in [1.29, 1.82) is 0 Å². The van der Waals surface area contributed by atoms with Gasteiger partial charge in [-0.1, -0.05) is 30.3 Å². The molecule has 0 aliphatic carbocycles. The first-order chi connectivity index (χ1) is 10.6. The molecule has 1 aromatic carbocycles. The van der Waals surface area contributed by atoms with E-state index in [9.17, 15) is 9.59 Å². The van der Waals surface area contributed by atoms with Crippen molar-refractivity contribution in [2.75, 3.05) is 5.32 Å². The minimum absolute atomic E-state index is 0. The lowest BCUT2D eigenvalue weighted by Gasteiger charge is -2.10. The van der Waals surface area contributed by atoms with Crippen LogP contribution >= 0.6 is 12.4 Å². The smallest absolute Gasteiger partial charge is 0.274 e. The fourth-order valence-corrected chi connectivity index (χ4v) is 2.11. The maximum absolute atomic E-state index is 12.4. The highest BCUT2D eigenvalue weighted by molar-refractivity contribution is 5.90. The molecule has 1 heterocycles. The van der Waals surface area contributed by atoms with E-state index in [1.165, 1.54) is 0 Å². The Morgan fingerprint density at radius 1 is 1.22 bits per heavy atom. The van der Waals surface area contributed by atoms with Crippen molar-refractivity contribution in [3.05, 3.63) is 64.6 Å². The lowest BCUT2D eigenvalue weighted by atomic mass is 10.2. The summed E-state index contributed by atoms with van der Waals surface area (Å²) in [5.74, 6) is -0.188. The summed E-state index contributed by atoms with van der Waals surface area (Å²) in [7, 11) is 0. The summed E-state index contributed by atoms with van der Waals surface area (Å²) in [6, 6.07) is 13.1. The maximum Gasteiger partial charge on any atom is 0.274 e. The molecule has 0 bridgehead atoms. The van der Waals surface area contributed by atoms with Crippen LogP contribution < -0.4 is 16.6 Å². The van der Waals surface area contributed by atoms with E-state index in [1.54, 1.807) is 22.9 Å². The van der Waals surface area contributed by atoms with Gasteiger partial charge in [-0.05, 0) is 31.0 Å². The molecule has 1 atom stereocenters. The Bertz CT molecular complexity index is 684. The number of hydrogen-bond acceptors (Lipinski definition) is 3. The highest BCUT2D eigenvalue weighted by Gasteiger charge is 2.08. The second-order valence-corrected chi connectivity index (χ2v) is 5.40. The van der Waals surface area contributed by atoms with E-state index in [0.717, 1.165) is 5.56 Å². The number of anilines is 1. The summed E-state index contributed by atoms with van der Waals surface area (Å²) in [4.78, 5) is 24.2. The molecule has 23 heavy (non-hydrogen) atoms. The predicted molar refractivity (Wildman–Crippen MR) is 95.0 cm³/mol. The standard InChI is InChI=1S/C17H21N3O2.ClH/c1-13(18)9-10-16(21)19-15-8-5-11-20(17(15)22)12-14-6-3-2-4-7-14;/h2-8,11,13H,9-10,12,18H2,1H3,(H,19,21);1H. The molecule has 0 fully saturated rings. The normalized spacial score (nSPS) is 11.4. The van der Waals surface area contributed by atoms with Crippen molar-refractivity contribution in [2.24, 2.45) is 5.73 Å². The molecular formula is C17H22ClN3O2. The summed E-state index contributed by atoms with van der Waals surface area (Å²) < 4.78 is 1.58. The zero-order chi connectivity index (χ0) is 15.9. The minimum atomic E-state index is -0.208. The van der Waals surface area contributed by atoms with Gasteiger partial charge in [0.1, 0.15) is 5.69 Å². The Morgan fingerprint density at radius 2 is 1.91 bits per heavy atom. The zero-order valence-electron chi connectivity index (χ0n) is 13.1. The van der Waals surface area contributed by atoms with E-state index in [-0.39, 0.29) is 29.9 Å². The van der Waals surface area contributed by atoms with Gasteiger partial charge in [0.2, 0.25) is 5.91 Å². The van der Waals surface area contributed by atoms with E-state index in [0.29, 0.717) is 25.1 Å². The van der Waals surface area contributed by atoms with E-state index < -0.39 is 0 Å². The van der Waals surface area contributed by atoms with Crippen LogP contribution in [0.5, 0.6) is 0 Å². The van der Waals surface area contributed by atoms with Gasteiger partial charge >= 0.3 is 0 Å². The molecular weight excluding hydrogens is 314 g/mol. The van der Waals surface area contributed by atoms with Crippen LogP contribution in [0.1, 0.15) is 25.3 Å². The molecule has 124 valence electrons. The number of benzene rings is 1. The number of pyridine rings is 1. The van der Waals surface area contributed by atoms with Gasteiger partial charge in [-0.2, -0.15) is 0 Å². The highest BCUT2D eigenvalue weighted by Crippen LogP contribution is 2.05. The first-order valence-electron chi connectivity index (χ1n) is 7.35. The van der Waals surface area contributed by atoms with Crippen LogP contribution in [0.2, 0.25) is 0 Å². The van der Waals surface area contributed by atoms with Gasteiger partial charge in [0.05, 0.1) is 6.54 Å². The van der Waals surface area contributed by atoms with Crippen molar-refractivity contribution in [3.8, 4) is 0 Å². The highest BCUT2D eigenvalue weighted by atomic mass is 35.5. The minimum Gasteiger partial charge on any atom is -0.328 e. The van der Waals surface area contributed by atoms with Crippen LogP contribution in [0.15, 0.2) is 53.5 Å². The van der Waals surface area contributed by atoms with E-state index >= 15 is 0 Å². The van der Waals surface area contributed by atoms with Gasteiger partial charge in [-0.15, -0.1) is 12.4 Å². The lowest BCUT2D eigenvalue weighted by Crippen LogP contribution is -2.26. The summed E-state index contributed by atoms with van der Waals surface area (Å²) in [5, 5.41) is 2.66. The Hall–Kier alpha value is -2.11. The number of carbonyl (C=O) groups is 1. The molecule has 0 saturated carbocycles. The van der Waals surface area contributed by atoms with Crippen molar-refractivity contribution in [3.63, 3.8) is 0 Å². The maximum atomic E-state index is 12.4. The fraction of sp³-hybridized carbons (Fsp3) is 0.294. The van der Waals surface area contributed by atoms with E-state index in [2.05, 4.69) is 5.32 Å². The number of rotatable bonds is 6. The summed E-state index contributed by atoms with van der Waals surface area (Å²) in [6.07, 6.45) is 2.62. The van der Waals surface area contributed by atoms with Gasteiger partial charge in [-0.3, -0.25) is 9.59 Å². The molecule has 0 radical (unpaired) electrons. The van der Waals surface area contributed by atoms with Crippen LogP contribution in [0.3, 0.4) is 0 Å². The Morgan fingerprint density at radius 3 is 2.57 bits per heavy atom. The predicted octanol–water partition coefficient (Wildman–Crippen LogP) is 2.38. The van der Waals surface area contributed by atoms with Crippen LogP contribution in [0.4, 0.5) is 5.69 Å². The zero-order valence-corrected chi connectivity index (χ0v) is 13.9. The number of nitrogens with two attached hydrogens (primary N) is 1. The third kappa shape index (κ3) is 5.88. The number of hydrogen-bond donors (Lipinski definition) is 2. The van der Waals surface area contributed by atoms with Crippen molar-refractivity contribution in [1.82, 2.24) is 4.57 Å². The monoisotopic (exact) mass is 335 g/mol. The van der Waals surface area contributed by atoms with Crippen LogP contribution in [0, 0.1) is 0 Å². The fourth-order valence-electron chi connectivity index (χ4n) is 2.11. The van der Waals surface area contributed by atoms with Crippen LogP contribution in [0.25, 0.3) is 0 Å². The summed E-state index contributed by atoms with van der Waals surface area (Å²) in [6.45, 7) is 2.33. The number of carbonyl (C=O) groups excluding carboxylic acids is 1. The Kier molecular flexibility index (Phi) is 7.51.